The van der Waals surface area contributed by atoms with Gasteiger partial charge in [-0.05, 0) is 0 Å². The Morgan fingerprint density at radius 3 is 1.83 bits per heavy atom. The van der Waals surface area contributed by atoms with E-state index in [1.54, 1.807) is 6.07 Å². The average Bonchev–Trinajstić information content (AvgIpc) is 1.72. The van der Waals surface area contributed by atoms with Crippen LogP contribution in [-0.2, 0) is 0 Å². The van der Waals surface area contributed by atoms with E-state index in [4.69, 9.17) is 5.26 Å². The Kier molecular flexibility index (Phi) is 69.6. The Morgan fingerprint density at radius 2 is 1.83 bits per heavy atom. The Labute approximate surface area is 37.9 Å². The molecule has 0 aromatic carbocycles. The van der Waals surface area contributed by atoms with Crippen LogP contribution in [0, 0.1) is 24.2 Å². The van der Waals surface area contributed by atoms with Crippen molar-refractivity contribution in [3.05, 3.63) is 12.7 Å². The van der Waals surface area contributed by atoms with Crippen LogP contribution in [0.25, 0.3) is 0 Å². The van der Waals surface area contributed by atoms with Crippen LogP contribution < -0.4 is 0 Å². The molecule has 0 aromatic rings. The van der Waals surface area contributed by atoms with Crippen LogP contribution in [0.2, 0.25) is 0 Å². The van der Waals surface area contributed by atoms with Crippen molar-refractivity contribution in [2.24, 2.45) is 0 Å². The highest BCUT2D eigenvalue weighted by atomic mass is 14.2. The van der Waals surface area contributed by atoms with Crippen LogP contribution in [0.15, 0.2) is 12.7 Å². The molecule has 0 fully saturated rings. The zero-order chi connectivity index (χ0) is 5.41. The third-order valence-electron chi connectivity index (χ3n) is 0.0913. The first-order chi connectivity index (χ1) is 2.91. The molecule has 1 heteroatoms. The second-order valence-electron chi connectivity index (χ2n) is 0.333. The van der Waals surface area contributed by atoms with E-state index in [0.717, 1.165) is 0 Å². The molecule has 0 aliphatic heterocycles. The third-order valence-corrected chi connectivity index (χ3v) is 0.0913. The number of hydrogen-bond donors (Lipinski definition) is 0. The van der Waals surface area contributed by atoms with Gasteiger partial charge in [0.2, 0.25) is 0 Å². The van der Waals surface area contributed by atoms with Gasteiger partial charge in [-0.2, -0.15) is 5.26 Å². The normalized spacial score (nSPS) is 2.83. The lowest BCUT2D eigenvalue weighted by molar-refractivity contribution is 1.54. The molecule has 0 radical (unpaired) electrons. The molecule has 0 rings (SSSR count). The lowest BCUT2D eigenvalue weighted by Crippen LogP contribution is -1.23. The maximum absolute atomic E-state index is 7.51. The van der Waals surface area contributed by atoms with Crippen LogP contribution in [0.5, 0.6) is 0 Å². The highest BCUT2D eigenvalue weighted by Gasteiger charge is 1.34. The van der Waals surface area contributed by atoms with Crippen LogP contribution >= 0.6 is 0 Å². The molecular formula is C5H5N. The predicted octanol–water partition coefficient (Wildman–Crippen LogP) is 0.945. The predicted molar refractivity (Wildman–Crippen MR) is 25.7 cm³/mol. The van der Waals surface area contributed by atoms with E-state index in [1.807, 2.05) is 0 Å². The highest BCUT2D eigenvalue weighted by molar-refractivity contribution is 4.93. The van der Waals surface area contributed by atoms with Gasteiger partial charge in [0, 0.05) is 6.08 Å². The standard InChI is InChI=1S/C3H3N.C2H2/c1-2-3-4;1-2/h2H,1H2;1-2H. The van der Waals surface area contributed by atoms with Crippen molar-refractivity contribution in [2.75, 3.05) is 0 Å². The summed E-state index contributed by atoms with van der Waals surface area (Å²) >= 11 is 0. The first kappa shape index (κ1) is 8.84. The second-order valence-corrected chi connectivity index (χ2v) is 0.333. The van der Waals surface area contributed by atoms with Crippen molar-refractivity contribution in [3.63, 3.8) is 0 Å². The quantitative estimate of drug-likeness (QED) is 0.313. The summed E-state index contributed by atoms with van der Waals surface area (Å²) in [5.74, 6) is 0. The molecular weight excluding hydrogens is 74.1 g/mol. The molecule has 0 aliphatic carbocycles. The third kappa shape index (κ3) is 203. The average molecular weight is 79.1 g/mol. The fourth-order valence-electron chi connectivity index (χ4n) is 0. The topological polar surface area (TPSA) is 23.8 Å². The summed E-state index contributed by atoms with van der Waals surface area (Å²) in [6.45, 7) is 3.12. The van der Waals surface area contributed by atoms with Crippen molar-refractivity contribution in [1.82, 2.24) is 0 Å². The van der Waals surface area contributed by atoms with Crippen LogP contribution in [0.4, 0.5) is 0 Å². The Balaban J connectivity index is 0. The summed E-state index contributed by atoms with van der Waals surface area (Å²) in [6.07, 6.45) is 9.18. The van der Waals surface area contributed by atoms with Gasteiger partial charge in [0.15, 0.2) is 0 Å². The summed E-state index contributed by atoms with van der Waals surface area (Å²) in [5.41, 5.74) is 0. The molecule has 6 heavy (non-hydrogen) atoms. The number of allylic oxidation sites excluding steroid dienone is 1. The summed E-state index contributed by atoms with van der Waals surface area (Å²) in [7, 11) is 0. The van der Waals surface area contributed by atoms with Gasteiger partial charge < -0.3 is 0 Å². The number of nitriles is 1. The molecule has 0 saturated carbocycles. The first-order valence-corrected chi connectivity index (χ1v) is 1.25. The van der Waals surface area contributed by atoms with E-state index in [9.17, 15) is 0 Å². The number of hydrogen-bond acceptors (Lipinski definition) is 1. The maximum Gasteiger partial charge on any atom is 0.0905 e. The van der Waals surface area contributed by atoms with Gasteiger partial charge in [-0.3, -0.25) is 0 Å². The summed E-state index contributed by atoms with van der Waals surface area (Å²) in [4.78, 5) is 0. The van der Waals surface area contributed by atoms with Gasteiger partial charge in [-0.1, -0.05) is 6.58 Å². The largest absolute Gasteiger partial charge is 0.193 e. The summed E-state index contributed by atoms with van der Waals surface area (Å²) in [5, 5.41) is 7.51. The lowest BCUT2D eigenvalue weighted by Gasteiger charge is -1.31. The van der Waals surface area contributed by atoms with Crippen molar-refractivity contribution in [3.8, 4) is 18.9 Å². The Bertz CT molecular complexity index is 73.7. The second kappa shape index (κ2) is 47.3. The fraction of sp³-hybridized carbons (Fsp3) is 0. The molecule has 0 unspecified atom stereocenters. The van der Waals surface area contributed by atoms with E-state index in [1.165, 1.54) is 6.08 Å². The van der Waals surface area contributed by atoms with Gasteiger partial charge in [-0.25, -0.2) is 0 Å². The molecule has 0 aromatic heterocycles. The van der Waals surface area contributed by atoms with E-state index in [2.05, 4.69) is 19.4 Å². The molecule has 30 valence electrons. The summed E-state index contributed by atoms with van der Waals surface area (Å²) < 4.78 is 0. The Hall–Kier alpha value is -1.21. The zero-order valence-corrected chi connectivity index (χ0v) is 3.39. The van der Waals surface area contributed by atoms with Crippen molar-refractivity contribution < 1.29 is 0 Å². The zero-order valence-electron chi connectivity index (χ0n) is 3.39. The molecule has 0 spiro atoms. The van der Waals surface area contributed by atoms with Crippen LogP contribution in [-0.4, -0.2) is 0 Å². The molecule has 0 heterocycles. The van der Waals surface area contributed by atoms with E-state index >= 15 is 0 Å². The van der Waals surface area contributed by atoms with Crippen molar-refractivity contribution in [1.29, 1.82) is 5.26 Å². The van der Waals surface area contributed by atoms with Gasteiger partial charge >= 0.3 is 0 Å². The smallest absolute Gasteiger partial charge is 0.0905 e. The van der Waals surface area contributed by atoms with Crippen LogP contribution in [0.3, 0.4) is 0 Å². The monoisotopic (exact) mass is 79.0 g/mol. The maximum atomic E-state index is 7.51. The van der Waals surface area contributed by atoms with Gasteiger partial charge in [-0.15, -0.1) is 12.8 Å². The molecule has 0 aliphatic rings. The molecule has 1 nitrogen and oxygen atoms in total. The SMILES string of the molecule is C#C.C=CC#N. The van der Waals surface area contributed by atoms with Crippen molar-refractivity contribution in [2.45, 2.75) is 0 Å². The summed E-state index contributed by atoms with van der Waals surface area (Å²) in [6, 6.07) is 1.69. The fourth-order valence-corrected chi connectivity index (χ4v) is 0. The van der Waals surface area contributed by atoms with E-state index in [0.29, 0.717) is 0 Å². The molecule has 0 bridgehead atoms. The minimum absolute atomic E-state index is 1.18. The minimum Gasteiger partial charge on any atom is -0.193 e. The Morgan fingerprint density at radius 1 is 1.67 bits per heavy atom. The van der Waals surface area contributed by atoms with E-state index < -0.39 is 0 Å². The molecule has 0 saturated heterocycles. The molecule has 0 atom stereocenters. The van der Waals surface area contributed by atoms with Gasteiger partial charge in [0.25, 0.3) is 0 Å². The number of nitrogens with zero attached hydrogens (tertiary/aromatic N) is 1. The lowest BCUT2D eigenvalue weighted by atomic mass is 10.8. The minimum atomic E-state index is 1.18. The number of rotatable bonds is 0. The number of terminal acetylenes is 1. The van der Waals surface area contributed by atoms with Crippen LogP contribution in [0.1, 0.15) is 0 Å². The highest BCUT2D eigenvalue weighted by Crippen LogP contribution is 1.41. The first-order valence-electron chi connectivity index (χ1n) is 1.25. The van der Waals surface area contributed by atoms with E-state index in [-0.39, 0.29) is 0 Å². The van der Waals surface area contributed by atoms with Gasteiger partial charge in [0.05, 0.1) is 6.07 Å². The van der Waals surface area contributed by atoms with Crippen molar-refractivity contribution >= 4 is 0 Å². The molecule has 0 amide bonds. The van der Waals surface area contributed by atoms with Gasteiger partial charge in [0.1, 0.15) is 0 Å². The molecule has 0 N–H and O–H groups in total.